The zero-order chi connectivity index (χ0) is 55.7. The van der Waals surface area contributed by atoms with Gasteiger partial charge in [0, 0.05) is 60.1 Å². The van der Waals surface area contributed by atoms with Gasteiger partial charge in [-0.25, -0.2) is 9.59 Å². The lowest BCUT2D eigenvalue weighted by Crippen LogP contribution is -2.63. The maximum Gasteiger partial charge on any atom is 0.408 e. The third-order valence-electron chi connectivity index (χ3n) is 16.8. The fourth-order valence-corrected chi connectivity index (χ4v) is 13.0. The zero-order valence-corrected chi connectivity index (χ0v) is 43.1. The van der Waals surface area contributed by atoms with E-state index in [0.717, 1.165) is 17.6 Å². The highest BCUT2D eigenvalue weighted by Crippen LogP contribution is 2.70. The van der Waals surface area contributed by atoms with E-state index in [1.54, 1.807) is 24.3 Å². The first kappa shape index (κ1) is 55.6. The van der Waals surface area contributed by atoms with Crippen molar-refractivity contribution >= 4 is 64.8 Å². The number of carbonyl (C=O) groups is 10. The number of aliphatic carboxylic acids is 1. The molecule has 2 aromatic carbocycles. The van der Waals surface area contributed by atoms with Crippen molar-refractivity contribution in [2.24, 2.45) is 28.6 Å². The Morgan fingerprint density at radius 1 is 0.885 bits per heavy atom. The average molecular weight is 1080 g/mol. The molecule has 7 N–H and O–H groups in total. The Morgan fingerprint density at radius 3 is 2.26 bits per heavy atom. The molecule has 0 bridgehead atoms. The number of ether oxygens (including phenoxy) is 4. The van der Waals surface area contributed by atoms with Gasteiger partial charge in [-0.2, -0.15) is 0 Å². The first-order valence-electron chi connectivity index (χ1n) is 26.1. The number of nitrogens with one attached hydrogen (secondary N) is 4. The number of amides is 6. The molecular weight excluding hydrogens is 1020 g/mol. The molecule has 3 saturated carbocycles. The van der Waals surface area contributed by atoms with Crippen molar-refractivity contribution in [2.45, 2.75) is 127 Å². The highest BCUT2D eigenvalue weighted by atomic mass is 16.7. The second-order valence-corrected chi connectivity index (χ2v) is 21.8. The molecule has 4 aliphatic carbocycles. The number of benzene rings is 2. The summed E-state index contributed by atoms with van der Waals surface area (Å²) in [6.07, 6.45) is 2.81. The van der Waals surface area contributed by atoms with Crippen molar-refractivity contribution in [2.75, 3.05) is 31.7 Å². The minimum atomic E-state index is -1.50. The summed E-state index contributed by atoms with van der Waals surface area (Å²) in [5, 5.41) is 42.2. The summed E-state index contributed by atoms with van der Waals surface area (Å²) in [5.74, 6) is -6.65. The second-order valence-electron chi connectivity index (χ2n) is 21.8. The molecule has 9 rings (SSSR count). The van der Waals surface area contributed by atoms with Gasteiger partial charge < -0.3 is 60.4 Å². The number of carbonyl (C=O) groups excluding carboxylic acids is 9. The van der Waals surface area contributed by atoms with Crippen molar-refractivity contribution in [3.63, 3.8) is 0 Å². The number of Topliss-reactive ketones (excluding diaryl/α,β-unsaturated/α-hetero) is 1. The van der Waals surface area contributed by atoms with E-state index < -0.39 is 132 Å². The number of carboxylic acid groups (broad SMARTS) is 1. The number of anilines is 1. The summed E-state index contributed by atoms with van der Waals surface area (Å²) >= 11 is 0. The summed E-state index contributed by atoms with van der Waals surface area (Å²) in [5.41, 5.74) is -0.260. The summed E-state index contributed by atoms with van der Waals surface area (Å²) in [6.45, 7) is 2.99. The van der Waals surface area contributed by atoms with Gasteiger partial charge in [-0.05, 0) is 79.4 Å². The van der Waals surface area contributed by atoms with E-state index in [9.17, 15) is 63.3 Å². The van der Waals surface area contributed by atoms with Crippen molar-refractivity contribution in [3.8, 4) is 0 Å². The van der Waals surface area contributed by atoms with Crippen molar-refractivity contribution in [1.82, 2.24) is 21.0 Å². The normalized spacial score (nSPS) is 29.6. The Kier molecular flexibility index (Phi) is 15.9. The standard InChI is InChI=1S/C55H63N5O18/c1-52-20-19-35(62)21-33(52)9-12-36-37-22-41-55(40(64)26-61,53(37,2)24-39(63)48(36)52)77-50(76-41)32-7-3-30(4-8-32)23-54(28-74-29-54)59-51(73)75-27-31-5-10-34(11-6-31)57-49(72)38(13-17-46(69)70)58-43(66)25-56-42(65)14-18-47(71)78-60-44(67)15-16-45(60)68/h3-8,10-11,19-21,36-39,41,48,50,61,63H,9,12-18,22-29H2,1-2H3,(H,56,65)(H,57,72)(H,58,66)(H,59,73)(H,69,70)/t36-,37-,38-,39-,41+,48+,50+,52-,53-,55+/m0/s1. The van der Waals surface area contributed by atoms with Crippen LogP contribution in [0.15, 0.2) is 72.3 Å². The van der Waals surface area contributed by atoms with Gasteiger partial charge in [-0.1, -0.05) is 61.9 Å². The topological polar surface area (TPSA) is 329 Å². The van der Waals surface area contributed by atoms with Crippen molar-refractivity contribution in [3.05, 3.63) is 89.0 Å². The number of hydrogen-bond acceptors (Lipinski definition) is 17. The Balaban J connectivity index is 0.741. The summed E-state index contributed by atoms with van der Waals surface area (Å²) < 4.78 is 24.5. The predicted octanol–water partition coefficient (Wildman–Crippen LogP) is 2.32. The van der Waals surface area contributed by atoms with Crippen molar-refractivity contribution < 1.29 is 87.0 Å². The molecular formula is C55H63N5O18. The van der Waals surface area contributed by atoms with Gasteiger partial charge in [0.15, 0.2) is 23.5 Å². The molecule has 3 heterocycles. The Labute approximate surface area is 447 Å². The van der Waals surface area contributed by atoms with E-state index in [-0.39, 0.29) is 74.7 Å². The third-order valence-corrected chi connectivity index (χ3v) is 16.8. The maximum atomic E-state index is 14.0. The first-order valence-corrected chi connectivity index (χ1v) is 26.1. The number of ketones is 2. The number of hydrogen-bond donors (Lipinski definition) is 7. The number of fused-ring (bicyclic) bond motifs is 7. The summed E-state index contributed by atoms with van der Waals surface area (Å²) in [7, 11) is 0. The highest BCUT2D eigenvalue weighted by molar-refractivity contribution is 6.02. The quantitative estimate of drug-likeness (QED) is 0.0936. The number of alkyl carbamates (subject to hydrolysis) is 1. The molecule has 0 unspecified atom stereocenters. The number of rotatable bonds is 20. The summed E-state index contributed by atoms with van der Waals surface area (Å²) in [6, 6.07) is 12.3. The Bertz CT molecular complexity index is 2810. The number of carboxylic acids is 1. The van der Waals surface area contributed by atoms with Gasteiger partial charge in [0.2, 0.25) is 17.7 Å². The van der Waals surface area contributed by atoms with Gasteiger partial charge in [0.1, 0.15) is 19.3 Å². The Morgan fingerprint density at radius 2 is 1.59 bits per heavy atom. The van der Waals surface area contributed by atoms with E-state index in [2.05, 4.69) is 28.2 Å². The van der Waals surface area contributed by atoms with Crippen LogP contribution in [0.1, 0.15) is 101 Å². The smallest absolute Gasteiger partial charge is 0.408 e. The van der Waals surface area contributed by atoms with Crippen LogP contribution in [0.4, 0.5) is 10.5 Å². The second kappa shape index (κ2) is 22.3. The highest BCUT2D eigenvalue weighted by Gasteiger charge is 2.76. The third kappa shape index (κ3) is 11.0. The van der Waals surface area contributed by atoms with Crippen LogP contribution < -0.4 is 21.3 Å². The van der Waals surface area contributed by atoms with E-state index >= 15 is 0 Å². The van der Waals surface area contributed by atoms with Gasteiger partial charge in [-0.15, -0.1) is 5.06 Å². The van der Waals surface area contributed by atoms with Gasteiger partial charge in [0.05, 0.1) is 43.9 Å². The predicted molar refractivity (Wildman–Crippen MR) is 267 cm³/mol. The molecule has 2 aromatic rings. The Hall–Kier alpha value is -7.18. The number of nitrogens with zero attached hydrogens (tertiary/aromatic N) is 1. The van der Waals surface area contributed by atoms with Crippen LogP contribution in [0.3, 0.4) is 0 Å². The van der Waals surface area contributed by atoms with Gasteiger partial charge in [0.25, 0.3) is 11.8 Å². The SMILES string of the molecule is C[C@]12C=CC(=O)C=C1CC[C@@H]1[C@@H]2[C@@H](O)C[C@@]2(C)[C@H]1C[C@H]1O[C@@H](c3ccc(CC4(NC(=O)OCc5ccc(NC(=O)[C@H](CCC(=O)O)NC(=O)CNC(=O)CCC(=O)ON6C(=O)CCC6=O)cc5)COC4)cc3)O[C@]12C(=O)CO. The molecule has 10 atom stereocenters. The molecule has 23 nitrogen and oxygen atoms in total. The fourth-order valence-electron chi connectivity index (χ4n) is 13.0. The molecule has 6 amide bonds. The van der Waals surface area contributed by atoms with E-state index in [1.807, 2.05) is 37.3 Å². The lowest BCUT2D eigenvalue weighted by Gasteiger charge is -2.59. The maximum absolute atomic E-state index is 14.0. The molecule has 0 aromatic heterocycles. The lowest BCUT2D eigenvalue weighted by molar-refractivity contribution is -0.201. The molecule has 6 fully saturated rings. The minimum absolute atomic E-state index is 0.0248. The van der Waals surface area contributed by atoms with Crippen LogP contribution in [-0.4, -0.2) is 135 Å². The van der Waals surface area contributed by atoms with Crippen LogP contribution in [0.25, 0.3) is 0 Å². The van der Waals surface area contributed by atoms with Crippen LogP contribution in [0.5, 0.6) is 0 Å². The number of hydroxylamine groups is 2. The van der Waals surface area contributed by atoms with Crippen molar-refractivity contribution in [1.29, 1.82) is 0 Å². The van der Waals surface area contributed by atoms with Gasteiger partial charge >= 0.3 is 18.0 Å². The summed E-state index contributed by atoms with van der Waals surface area (Å²) in [4.78, 5) is 129. The molecule has 7 aliphatic rings. The number of aliphatic hydroxyl groups is 2. The molecule has 78 heavy (non-hydrogen) atoms. The van der Waals surface area contributed by atoms with Crippen LogP contribution in [0.2, 0.25) is 0 Å². The number of aliphatic hydroxyl groups excluding tert-OH is 2. The molecule has 3 saturated heterocycles. The minimum Gasteiger partial charge on any atom is -0.481 e. The van der Waals surface area contributed by atoms with Crippen LogP contribution in [0, 0.1) is 28.6 Å². The number of allylic oxidation sites excluding steroid dienone is 4. The largest absolute Gasteiger partial charge is 0.481 e. The van der Waals surface area contributed by atoms with Crippen LogP contribution in [-0.2, 0) is 80.0 Å². The van der Waals surface area contributed by atoms with Crippen LogP contribution >= 0.6 is 0 Å². The lowest BCUT2D eigenvalue weighted by atomic mass is 9.46. The average Bonchev–Trinajstić information content (AvgIpc) is 4.08. The van der Waals surface area contributed by atoms with E-state index in [4.69, 9.17) is 23.8 Å². The number of imide groups is 1. The van der Waals surface area contributed by atoms with Gasteiger partial charge in [-0.3, -0.25) is 38.4 Å². The molecule has 3 aliphatic heterocycles. The first-order chi connectivity index (χ1) is 37.2. The monoisotopic (exact) mass is 1080 g/mol. The molecule has 0 spiro atoms. The van der Waals surface area contributed by atoms with E-state index in [0.29, 0.717) is 35.5 Å². The molecule has 23 heteroatoms. The zero-order valence-electron chi connectivity index (χ0n) is 43.1. The molecule has 416 valence electrons. The molecule has 0 radical (unpaired) electrons. The fraction of sp³-hybridized carbons (Fsp3) is 0.527. The van der Waals surface area contributed by atoms with E-state index in [1.165, 1.54) is 12.1 Å².